The summed E-state index contributed by atoms with van der Waals surface area (Å²) in [7, 11) is 0. The molecule has 2 aromatic rings. The molecular weight excluding hydrogens is 424 g/mol. The van der Waals surface area contributed by atoms with E-state index in [0.717, 1.165) is 0 Å². The van der Waals surface area contributed by atoms with Gasteiger partial charge in [0.1, 0.15) is 22.9 Å². The van der Waals surface area contributed by atoms with Crippen LogP contribution in [0.2, 0.25) is 5.02 Å². The summed E-state index contributed by atoms with van der Waals surface area (Å²) in [6.45, 7) is 3.76. The number of carbonyl (C=O) groups excluding carboxylic acids is 3. The molecule has 1 aliphatic heterocycles. The molecule has 8 nitrogen and oxygen atoms in total. The summed E-state index contributed by atoms with van der Waals surface area (Å²) in [6.07, 6.45) is -1.95. The molecule has 0 spiro atoms. The summed E-state index contributed by atoms with van der Waals surface area (Å²) < 4.78 is 38.6. The molecule has 1 aromatic carbocycles. The monoisotopic (exact) mass is 443 g/mol. The maximum absolute atomic E-state index is 14.1. The highest BCUT2D eigenvalue weighted by Gasteiger charge is 2.51. The van der Waals surface area contributed by atoms with E-state index in [-0.39, 0.29) is 27.4 Å². The van der Waals surface area contributed by atoms with E-state index in [1.165, 1.54) is 18.2 Å². The fourth-order valence-electron chi connectivity index (χ4n) is 3.14. The largest absolute Gasteiger partial charge is 0.449 e. The summed E-state index contributed by atoms with van der Waals surface area (Å²) in [5.74, 6) is -5.57. The van der Waals surface area contributed by atoms with Gasteiger partial charge in [-0.05, 0) is 39.0 Å². The van der Waals surface area contributed by atoms with Gasteiger partial charge in [0, 0.05) is 16.8 Å². The maximum Gasteiger partial charge on any atom is 0.411 e. The minimum Gasteiger partial charge on any atom is -0.449 e. The Morgan fingerprint density at radius 3 is 2.60 bits per heavy atom. The van der Waals surface area contributed by atoms with Crippen molar-refractivity contribution in [2.45, 2.75) is 44.8 Å². The summed E-state index contributed by atoms with van der Waals surface area (Å²) >= 11 is 5.97. The van der Waals surface area contributed by atoms with Gasteiger partial charge in [-0.3, -0.25) is 14.5 Å². The Balaban J connectivity index is 1.94. The second-order valence-corrected chi connectivity index (χ2v) is 8.42. The molecule has 1 aliphatic rings. The van der Waals surface area contributed by atoms with E-state index in [2.05, 4.69) is 5.32 Å². The number of hydrogen-bond donors (Lipinski definition) is 2. The number of alkyl halides is 2. The molecule has 162 valence electrons. The lowest BCUT2D eigenvalue weighted by atomic mass is 10.1. The molecule has 3 rings (SSSR count). The summed E-state index contributed by atoms with van der Waals surface area (Å²) in [5.41, 5.74) is 4.48. The lowest BCUT2D eigenvalue weighted by Crippen LogP contribution is -2.45. The van der Waals surface area contributed by atoms with Gasteiger partial charge in [-0.15, -0.1) is 0 Å². The lowest BCUT2D eigenvalue weighted by Gasteiger charge is -2.27. The van der Waals surface area contributed by atoms with Gasteiger partial charge in [0.15, 0.2) is 0 Å². The van der Waals surface area contributed by atoms with Crippen LogP contribution in [0.25, 0.3) is 11.0 Å². The number of halogens is 3. The van der Waals surface area contributed by atoms with Crippen LogP contribution in [-0.4, -0.2) is 46.9 Å². The number of nitrogens with two attached hydrogens (primary N) is 1. The topological polar surface area (TPSA) is 115 Å². The highest BCUT2D eigenvalue weighted by molar-refractivity contribution is 6.31. The second-order valence-electron chi connectivity index (χ2n) is 7.98. The third-order valence-electron chi connectivity index (χ3n) is 4.32. The van der Waals surface area contributed by atoms with Gasteiger partial charge in [-0.25, -0.2) is 13.6 Å². The summed E-state index contributed by atoms with van der Waals surface area (Å²) in [4.78, 5) is 37.7. The molecule has 11 heteroatoms. The zero-order valence-electron chi connectivity index (χ0n) is 16.4. The van der Waals surface area contributed by atoms with Crippen molar-refractivity contribution in [1.82, 2.24) is 4.90 Å². The van der Waals surface area contributed by atoms with Gasteiger partial charge < -0.3 is 20.2 Å². The van der Waals surface area contributed by atoms with Crippen molar-refractivity contribution in [2.75, 3.05) is 11.9 Å². The number of amides is 3. The van der Waals surface area contributed by atoms with E-state index in [4.69, 9.17) is 26.5 Å². The molecule has 1 atom stereocenters. The highest BCUT2D eigenvalue weighted by atomic mass is 35.5. The van der Waals surface area contributed by atoms with Crippen LogP contribution in [0.15, 0.2) is 22.6 Å². The van der Waals surface area contributed by atoms with Crippen molar-refractivity contribution in [3.63, 3.8) is 0 Å². The molecule has 1 aromatic heterocycles. The maximum atomic E-state index is 14.1. The van der Waals surface area contributed by atoms with Gasteiger partial charge in [0.05, 0.1) is 6.54 Å². The number of hydrogen-bond acceptors (Lipinski definition) is 5. The number of carbonyl (C=O) groups is 3. The smallest absolute Gasteiger partial charge is 0.411 e. The van der Waals surface area contributed by atoms with Gasteiger partial charge in [-0.1, -0.05) is 11.6 Å². The minimum atomic E-state index is -3.28. The van der Waals surface area contributed by atoms with Crippen LogP contribution in [0.5, 0.6) is 0 Å². The first-order valence-electron chi connectivity index (χ1n) is 8.97. The van der Waals surface area contributed by atoms with Crippen LogP contribution in [0.3, 0.4) is 0 Å². The molecule has 1 saturated heterocycles. The molecule has 1 unspecified atom stereocenters. The normalized spacial score (nSPS) is 18.5. The van der Waals surface area contributed by atoms with E-state index < -0.39 is 48.4 Å². The zero-order valence-corrected chi connectivity index (χ0v) is 17.2. The Labute approximate surface area is 175 Å². The molecule has 0 aliphatic carbocycles. The van der Waals surface area contributed by atoms with Gasteiger partial charge in [-0.2, -0.15) is 0 Å². The van der Waals surface area contributed by atoms with E-state index in [9.17, 15) is 23.2 Å². The van der Waals surface area contributed by atoms with E-state index in [1.54, 1.807) is 20.8 Å². The second kappa shape index (κ2) is 7.42. The Morgan fingerprint density at radius 1 is 1.33 bits per heavy atom. The first-order chi connectivity index (χ1) is 13.8. The average molecular weight is 444 g/mol. The van der Waals surface area contributed by atoms with Crippen molar-refractivity contribution in [2.24, 2.45) is 5.73 Å². The van der Waals surface area contributed by atoms with E-state index in [1.807, 2.05) is 0 Å². The van der Waals surface area contributed by atoms with Crippen LogP contribution >= 0.6 is 11.6 Å². The molecule has 2 heterocycles. The molecule has 0 bridgehead atoms. The van der Waals surface area contributed by atoms with Crippen molar-refractivity contribution in [3.8, 4) is 0 Å². The summed E-state index contributed by atoms with van der Waals surface area (Å²) in [6, 6.07) is 2.87. The zero-order chi connectivity index (χ0) is 22.4. The molecule has 30 heavy (non-hydrogen) atoms. The van der Waals surface area contributed by atoms with Gasteiger partial charge in [0.25, 0.3) is 11.8 Å². The number of nitrogens with zero attached hydrogens (tertiary/aromatic N) is 1. The van der Waals surface area contributed by atoms with Crippen molar-refractivity contribution >= 4 is 46.2 Å². The Hall–Kier alpha value is -2.88. The number of benzene rings is 1. The quantitative estimate of drug-likeness (QED) is 0.749. The molecule has 0 radical (unpaired) electrons. The lowest BCUT2D eigenvalue weighted by molar-refractivity contribution is -0.120. The highest BCUT2D eigenvalue weighted by Crippen LogP contribution is 2.36. The first kappa shape index (κ1) is 21.8. The molecular formula is C19H20ClF2N3O5. The predicted octanol–water partition coefficient (Wildman–Crippen LogP) is 3.77. The van der Waals surface area contributed by atoms with Crippen molar-refractivity contribution < 1.29 is 32.3 Å². The molecule has 1 fully saturated rings. The van der Waals surface area contributed by atoms with Crippen LogP contribution in [-0.2, 0) is 9.53 Å². The van der Waals surface area contributed by atoms with E-state index in [0.29, 0.717) is 4.90 Å². The Kier molecular flexibility index (Phi) is 5.40. The summed E-state index contributed by atoms with van der Waals surface area (Å²) in [5, 5.41) is 2.95. The van der Waals surface area contributed by atoms with Gasteiger partial charge in [0.2, 0.25) is 11.7 Å². The number of likely N-dealkylation sites (tertiary alicyclic amines) is 1. The Morgan fingerprint density at radius 2 is 2.00 bits per heavy atom. The fourth-order valence-corrected chi connectivity index (χ4v) is 3.31. The number of anilines is 1. The third kappa shape index (κ3) is 4.48. The van der Waals surface area contributed by atoms with Crippen molar-refractivity contribution in [3.05, 3.63) is 29.0 Å². The average Bonchev–Trinajstić information content (AvgIpc) is 3.11. The number of rotatable bonds is 3. The molecule has 3 amide bonds. The van der Waals surface area contributed by atoms with Gasteiger partial charge >= 0.3 is 6.09 Å². The third-order valence-corrected chi connectivity index (χ3v) is 4.56. The predicted molar refractivity (Wildman–Crippen MR) is 105 cm³/mol. The number of primary amides is 1. The van der Waals surface area contributed by atoms with Crippen LogP contribution in [0.4, 0.5) is 19.3 Å². The fraction of sp³-hybridized carbons (Fsp3) is 0.421. The number of fused-ring (bicyclic) bond motifs is 1. The number of ether oxygens (including phenoxy) is 1. The van der Waals surface area contributed by atoms with Crippen LogP contribution < -0.4 is 11.1 Å². The van der Waals surface area contributed by atoms with Crippen LogP contribution in [0, 0.1) is 0 Å². The Bertz CT molecular complexity index is 1030. The first-order valence-corrected chi connectivity index (χ1v) is 9.35. The standard InChI is InChI=1S/C19H20ClF2N3O5/c1-18(2,3)30-17(28)25-8-19(21,22)7-11(25)16(27)24-13-10-6-9(20)4-5-12(10)29-14(13)15(23)26/h4-6,11H,7-8H2,1-3H3,(H2,23,26)(H,24,27). The molecule has 0 saturated carbocycles. The van der Waals surface area contributed by atoms with Crippen molar-refractivity contribution in [1.29, 1.82) is 0 Å². The minimum absolute atomic E-state index is 0.107. The molecule has 3 N–H and O–H groups in total. The SMILES string of the molecule is CC(C)(C)OC(=O)N1CC(F)(F)CC1C(=O)Nc1c(C(N)=O)oc2ccc(Cl)cc12. The van der Waals surface area contributed by atoms with Crippen LogP contribution in [0.1, 0.15) is 37.7 Å². The van der Waals surface area contributed by atoms with E-state index >= 15 is 0 Å². The number of furan rings is 1. The number of nitrogens with one attached hydrogen (secondary N) is 1.